The first kappa shape index (κ1) is 12.9. The van der Waals surface area contributed by atoms with E-state index in [0.717, 1.165) is 30.1 Å². The molecule has 1 heteroatoms. The average Bonchev–Trinajstić information content (AvgIpc) is 3.11. The van der Waals surface area contributed by atoms with Gasteiger partial charge in [0.1, 0.15) is 0 Å². The first-order chi connectivity index (χ1) is 9.81. The molecule has 3 saturated carbocycles. The van der Waals surface area contributed by atoms with E-state index in [9.17, 15) is 0 Å². The normalized spacial score (nSPS) is 40.0. The van der Waals surface area contributed by atoms with Crippen LogP contribution in [0, 0.1) is 23.7 Å². The molecule has 3 fully saturated rings. The Kier molecular flexibility index (Phi) is 3.34. The Morgan fingerprint density at radius 1 is 1.05 bits per heavy atom. The van der Waals surface area contributed by atoms with Crippen LogP contribution in [0.3, 0.4) is 0 Å². The van der Waals surface area contributed by atoms with Crippen molar-refractivity contribution in [2.75, 3.05) is 0 Å². The van der Waals surface area contributed by atoms with Gasteiger partial charge in [-0.2, -0.15) is 0 Å². The fraction of sp³-hybridized carbons (Fsp3) is 0.684. The summed E-state index contributed by atoms with van der Waals surface area (Å²) < 4.78 is 6.46. The number of rotatable bonds is 4. The number of hydrogen-bond acceptors (Lipinski definition) is 1. The number of fused-ring (bicyclic) bond motifs is 5. The molecule has 0 saturated heterocycles. The SMILES string of the molecule is CC(Cc1ccccc1)OC1CC2CC1C1CCCC21. The summed E-state index contributed by atoms with van der Waals surface area (Å²) in [5, 5.41) is 0. The van der Waals surface area contributed by atoms with Gasteiger partial charge in [0.2, 0.25) is 0 Å². The lowest BCUT2D eigenvalue weighted by molar-refractivity contribution is -0.0499. The van der Waals surface area contributed by atoms with Gasteiger partial charge in [-0.1, -0.05) is 36.8 Å². The molecule has 0 radical (unpaired) electrons. The Bertz CT molecular complexity index is 454. The molecule has 0 aliphatic heterocycles. The lowest BCUT2D eigenvalue weighted by atomic mass is 9.80. The molecule has 2 bridgehead atoms. The van der Waals surface area contributed by atoms with Crippen LogP contribution >= 0.6 is 0 Å². The van der Waals surface area contributed by atoms with E-state index in [1.54, 1.807) is 0 Å². The van der Waals surface area contributed by atoms with Crippen LogP contribution in [-0.4, -0.2) is 12.2 Å². The summed E-state index contributed by atoms with van der Waals surface area (Å²) in [7, 11) is 0. The third kappa shape index (κ3) is 2.20. The van der Waals surface area contributed by atoms with Crippen LogP contribution in [0.15, 0.2) is 30.3 Å². The summed E-state index contributed by atoms with van der Waals surface area (Å²) >= 11 is 0. The zero-order chi connectivity index (χ0) is 13.5. The van der Waals surface area contributed by atoms with E-state index in [-0.39, 0.29) is 0 Å². The van der Waals surface area contributed by atoms with Crippen molar-refractivity contribution in [3.8, 4) is 0 Å². The van der Waals surface area contributed by atoms with Gasteiger partial charge in [-0.3, -0.25) is 0 Å². The Morgan fingerprint density at radius 2 is 1.85 bits per heavy atom. The van der Waals surface area contributed by atoms with Crippen molar-refractivity contribution in [2.24, 2.45) is 23.7 Å². The molecule has 3 aliphatic carbocycles. The van der Waals surface area contributed by atoms with Gasteiger partial charge in [0.15, 0.2) is 0 Å². The molecule has 6 atom stereocenters. The first-order valence-electron chi connectivity index (χ1n) is 8.50. The van der Waals surface area contributed by atoms with E-state index in [2.05, 4.69) is 37.3 Å². The van der Waals surface area contributed by atoms with E-state index >= 15 is 0 Å². The minimum atomic E-state index is 0.363. The third-order valence-corrected chi connectivity index (χ3v) is 6.14. The van der Waals surface area contributed by atoms with Crippen LogP contribution in [0.25, 0.3) is 0 Å². The van der Waals surface area contributed by atoms with Crippen LogP contribution < -0.4 is 0 Å². The van der Waals surface area contributed by atoms with Gasteiger partial charge >= 0.3 is 0 Å². The highest BCUT2D eigenvalue weighted by Gasteiger charge is 2.54. The molecule has 20 heavy (non-hydrogen) atoms. The predicted octanol–water partition coefficient (Wildman–Crippen LogP) is 4.46. The molecule has 0 spiro atoms. The second kappa shape index (κ2) is 5.18. The summed E-state index contributed by atoms with van der Waals surface area (Å²) in [6, 6.07) is 10.8. The van der Waals surface area contributed by atoms with Crippen molar-refractivity contribution in [3.05, 3.63) is 35.9 Å². The summed E-state index contributed by atoms with van der Waals surface area (Å²) in [5.74, 6) is 3.99. The van der Waals surface area contributed by atoms with E-state index < -0.39 is 0 Å². The van der Waals surface area contributed by atoms with Crippen LogP contribution in [0.4, 0.5) is 0 Å². The Morgan fingerprint density at radius 3 is 2.70 bits per heavy atom. The van der Waals surface area contributed by atoms with Crippen LogP contribution in [0.2, 0.25) is 0 Å². The number of hydrogen-bond donors (Lipinski definition) is 0. The maximum atomic E-state index is 6.46. The molecule has 1 aromatic carbocycles. The fourth-order valence-electron chi connectivity index (χ4n) is 5.45. The van der Waals surface area contributed by atoms with Crippen LogP contribution in [-0.2, 0) is 11.2 Å². The van der Waals surface area contributed by atoms with Crippen LogP contribution in [0.1, 0.15) is 44.6 Å². The van der Waals surface area contributed by atoms with E-state index in [1.807, 2.05) is 0 Å². The minimum absolute atomic E-state index is 0.363. The molecule has 6 unspecified atom stereocenters. The van der Waals surface area contributed by atoms with Gasteiger partial charge in [-0.05, 0) is 68.3 Å². The van der Waals surface area contributed by atoms with E-state index in [4.69, 9.17) is 4.74 Å². The summed E-state index contributed by atoms with van der Waals surface area (Å²) in [6.07, 6.45) is 9.29. The van der Waals surface area contributed by atoms with Crippen molar-refractivity contribution >= 4 is 0 Å². The maximum Gasteiger partial charge on any atom is 0.0612 e. The molecule has 0 aromatic heterocycles. The monoisotopic (exact) mass is 270 g/mol. The molecule has 0 N–H and O–H groups in total. The number of ether oxygens (including phenoxy) is 1. The Balaban J connectivity index is 1.36. The summed E-state index contributed by atoms with van der Waals surface area (Å²) in [4.78, 5) is 0. The van der Waals surface area contributed by atoms with E-state index in [1.165, 1.54) is 37.7 Å². The van der Waals surface area contributed by atoms with Crippen LogP contribution in [0.5, 0.6) is 0 Å². The summed E-state index contributed by atoms with van der Waals surface area (Å²) in [5.41, 5.74) is 1.40. The molecule has 0 amide bonds. The van der Waals surface area contributed by atoms with Crippen molar-refractivity contribution in [2.45, 2.75) is 57.7 Å². The van der Waals surface area contributed by atoms with E-state index in [0.29, 0.717) is 12.2 Å². The van der Waals surface area contributed by atoms with Crippen molar-refractivity contribution < 1.29 is 4.74 Å². The maximum absolute atomic E-state index is 6.46. The fourth-order valence-corrected chi connectivity index (χ4v) is 5.45. The highest BCUT2D eigenvalue weighted by Crippen LogP contribution is 2.59. The third-order valence-electron chi connectivity index (χ3n) is 6.14. The lowest BCUT2D eigenvalue weighted by Crippen LogP contribution is -2.33. The highest BCUT2D eigenvalue weighted by molar-refractivity contribution is 5.15. The first-order valence-corrected chi connectivity index (χ1v) is 8.50. The van der Waals surface area contributed by atoms with Crippen molar-refractivity contribution in [3.63, 3.8) is 0 Å². The molecule has 0 heterocycles. The summed E-state index contributed by atoms with van der Waals surface area (Å²) in [6.45, 7) is 2.26. The zero-order valence-corrected chi connectivity index (χ0v) is 12.5. The standard InChI is InChI=1S/C19H26O/c1-13(10-14-6-3-2-4-7-14)20-19-12-15-11-18(19)17-9-5-8-16(15)17/h2-4,6-7,13,15-19H,5,8-12H2,1H3. The highest BCUT2D eigenvalue weighted by atomic mass is 16.5. The average molecular weight is 270 g/mol. The smallest absolute Gasteiger partial charge is 0.0612 e. The molecule has 108 valence electrons. The minimum Gasteiger partial charge on any atom is -0.375 e. The van der Waals surface area contributed by atoms with Crippen molar-refractivity contribution in [1.82, 2.24) is 0 Å². The van der Waals surface area contributed by atoms with Gasteiger partial charge in [0, 0.05) is 0 Å². The largest absolute Gasteiger partial charge is 0.375 e. The van der Waals surface area contributed by atoms with Gasteiger partial charge in [-0.25, -0.2) is 0 Å². The molecular weight excluding hydrogens is 244 g/mol. The Labute approximate surface area is 122 Å². The van der Waals surface area contributed by atoms with Crippen molar-refractivity contribution in [1.29, 1.82) is 0 Å². The molecule has 1 aromatic rings. The topological polar surface area (TPSA) is 9.23 Å². The Hall–Kier alpha value is -0.820. The zero-order valence-electron chi connectivity index (χ0n) is 12.5. The quantitative estimate of drug-likeness (QED) is 0.785. The predicted molar refractivity (Wildman–Crippen MR) is 81.5 cm³/mol. The molecule has 1 nitrogen and oxygen atoms in total. The number of benzene rings is 1. The second-order valence-corrected chi connectivity index (χ2v) is 7.33. The van der Waals surface area contributed by atoms with Gasteiger partial charge < -0.3 is 4.74 Å². The molecule has 4 rings (SSSR count). The second-order valence-electron chi connectivity index (χ2n) is 7.33. The van der Waals surface area contributed by atoms with Gasteiger partial charge in [0.05, 0.1) is 12.2 Å². The molecular formula is C19H26O. The van der Waals surface area contributed by atoms with Gasteiger partial charge in [0.25, 0.3) is 0 Å². The lowest BCUT2D eigenvalue weighted by Gasteiger charge is -2.33. The molecule has 3 aliphatic rings. The van der Waals surface area contributed by atoms with Gasteiger partial charge in [-0.15, -0.1) is 0 Å².